The monoisotopic (exact) mass is 246 g/mol. The van der Waals surface area contributed by atoms with Gasteiger partial charge in [-0.3, -0.25) is 0 Å². The second-order valence-electron chi connectivity index (χ2n) is 4.52. The second-order valence-corrected chi connectivity index (χ2v) is 4.52. The van der Waals surface area contributed by atoms with E-state index < -0.39 is 0 Å². The highest BCUT2D eigenvalue weighted by molar-refractivity contribution is 5.31. The van der Waals surface area contributed by atoms with Crippen LogP contribution >= 0.6 is 0 Å². The maximum atomic E-state index is 5.71. The van der Waals surface area contributed by atoms with Crippen molar-refractivity contribution in [2.24, 2.45) is 0 Å². The molecule has 0 aliphatic rings. The molecule has 18 heavy (non-hydrogen) atoms. The summed E-state index contributed by atoms with van der Waals surface area (Å²) in [5.74, 6) is 2.09. The maximum Gasteiger partial charge on any atom is 0.162 e. The highest BCUT2D eigenvalue weighted by atomic mass is 16.5. The van der Waals surface area contributed by atoms with Crippen molar-refractivity contribution in [1.82, 2.24) is 0 Å². The first-order valence-corrected chi connectivity index (χ1v) is 6.28. The quantitative estimate of drug-likeness (QED) is 0.539. The van der Waals surface area contributed by atoms with Gasteiger partial charge in [0, 0.05) is 0 Å². The lowest BCUT2D eigenvalue weighted by Gasteiger charge is -2.15. The summed E-state index contributed by atoms with van der Waals surface area (Å²) >= 11 is 0. The Labute approximate surface area is 110 Å². The number of hydrogen-bond donors (Lipinski definition) is 0. The molecular formula is C16H22O2. The Morgan fingerprint density at radius 2 is 1.78 bits per heavy atom. The Kier molecular flexibility index (Phi) is 5.50. The van der Waals surface area contributed by atoms with Crippen molar-refractivity contribution in [1.29, 1.82) is 0 Å². The molecule has 1 aromatic rings. The molecule has 0 radical (unpaired) electrons. The van der Waals surface area contributed by atoms with Gasteiger partial charge in [-0.25, -0.2) is 0 Å². The van der Waals surface area contributed by atoms with Gasteiger partial charge in [0.2, 0.25) is 0 Å². The third kappa shape index (κ3) is 4.28. The van der Waals surface area contributed by atoms with Gasteiger partial charge in [-0.2, -0.15) is 0 Å². The van der Waals surface area contributed by atoms with E-state index in [0.29, 0.717) is 12.4 Å². The molecule has 0 bridgehead atoms. The van der Waals surface area contributed by atoms with E-state index in [-0.39, 0.29) is 0 Å². The van der Waals surface area contributed by atoms with Crippen molar-refractivity contribution in [3.8, 4) is 5.75 Å². The van der Waals surface area contributed by atoms with E-state index in [2.05, 4.69) is 13.5 Å². The zero-order valence-corrected chi connectivity index (χ0v) is 11.7. The summed E-state index contributed by atoms with van der Waals surface area (Å²) in [6, 6.07) is 7.89. The fourth-order valence-corrected chi connectivity index (χ4v) is 1.50. The Bertz CT molecular complexity index is 423. The first kappa shape index (κ1) is 14.4. The van der Waals surface area contributed by atoms with Crippen molar-refractivity contribution in [2.45, 2.75) is 34.1 Å². The topological polar surface area (TPSA) is 18.5 Å². The van der Waals surface area contributed by atoms with Gasteiger partial charge in [0.15, 0.2) is 11.5 Å². The molecule has 0 saturated heterocycles. The minimum Gasteiger partial charge on any atom is -0.490 e. The van der Waals surface area contributed by atoms with Crippen LogP contribution < -0.4 is 4.74 Å². The highest BCUT2D eigenvalue weighted by Crippen LogP contribution is 2.21. The molecule has 0 N–H and O–H groups in total. The van der Waals surface area contributed by atoms with Crippen molar-refractivity contribution >= 4 is 0 Å². The van der Waals surface area contributed by atoms with E-state index in [1.54, 1.807) is 0 Å². The van der Waals surface area contributed by atoms with Crippen LogP contribution in [0, 0.1) is 6.92 Å². The van der Waals surface area contributed by atoms with Crippen molar-refractivity contribution < 1.29 is 9.47 Å². The predicted octanol–water partition coefficient (Wildman–Crippen LogP) is 4.61. The summed E-state index contributed by atoms with van der Waals surface area (Å²) in [6.07, 6.45) is 0.967. The SMILES string of the molecule is C=C(Oc1ccc(C)cc1)C(OCCC)=C(C)C. The third-order valence-electron chi connectivity index (χ3n) is 2.42. The molecule has 0 saturated carbocycles. The summed E-state index contributed by atoms with van der Waals surface area (Å²) in [5, 5.41) is 0. The average molecular weight is 246 g/mol. The maximum absolute atomic E-state index is 5.71. The van der Waals surface area contributed by atoms with E-state index in [1.807, 2.05) is 45.0 Å². The largest absolute Gasteiger partial charge is 0.490 e. The van der Waals surface area contributed by atoms with Gasteiger partial charge < -0.3 is 9.47 Å². The molecule has 2 nitrogen and oxygen atoms in total. The molecule has 98 valence electrons. The lowest BCUT2D eigenvalue weighted by Crippen LogP contribution is -2.04. The molecule has 1 aromatic carbocycles. The van der Waals surface area contributed by atoms with Gasteiger partial charge in [-0.1, -0.05) is 31.2 Å². The minimum atomic E-state index is 0.562. The van der Waals surface area contributed by atoms with Crippen LogP contribution in [-0.2, 0) is 4.74 Å². The lowest BCUT2D eigenvalue weighted by molar-refractivity contribution is 0.195. The van der Waals surface area contributed by atoms with Crippen LogP contribution in [0.1, 0.15) is 32.8 Å². The molecule has 0 heterocycles. The molecular weight excluding hydrogens is 224 g/mol. The lowest BCUT2D eigenvalue weighted by atomic mass is 10.2. The first-order valence-electron chi connectivity index (χ1n) is 6.28. The van der Waals surface area contributed by atoms with Crippen LogP contribution in [0.5, 0.6) is 5.75 Å². The molecule has 1 rings (SSSR count). The number of benzene rings is 1. The van der Waals surface area contributed by atoms with E-state index in [9.17, 15) is 0 Å². The molecule has 0 aliphatic heterocycles. The standard InChI is InChI=1S/C16H22O2/c1-6-11-17-16(12(2)3)14(5)18-15-9-7-13(4)8-10-15/h7-10H,5-6,11H2,1-4H3. The van der Waals surface area contributed by atoms with Crippen LogP contribution in [0.4, 0.5) is 0 Å². The summed E-state index contributed by atoms with van der Waals surface area (Å²) < 4.78 is 11.4. The molecule has 0 fully saturated rings. The Hall–Kier alpha value is -1.70. The van der Waals surface area contributed by atoms with Crippen LogP contribution in [0.3, 0.4) is 0 Å². The van der Waals surface area contributed by atoms with E-state index in [4.69, 9.17) is 9.47 Å². The third-order valence-corrected chi connectivity index (χ3v) is 2.42. The molecule has 0 amide bonds. The zero-order valence-electron chi connectivity index (χ0n) is 11.7. The van der Waals surface area contributed by atoms with Crippen molar-refractivity contribution in [3.63, 3.8) is 0 Å². The first-order chi connectivity index (χ1) is 8.54. The fourth-order valence-electron chi connectivity index (χ4n) is 1.50. The molecule has 2 heteroatoms. The normalized spacial score (nSPS) is 9.78. The van der Waals surface area contributed by atoms with Crippen LogP contribution in [0.2, 0.25) is 0 Å². The average Bonchev–Trinajstić information content (AvgIpc) is 2.32. The summed E-state index contributed by atoms with van der Waals surface area (Å²) in [7, 11) is 0. The number of aryl methyl sites for hydroxylation is 1. The van der Waals surface area contributed by atoms with Crippen LogP contribution in [-0.4, -0.2) is 6.61 Å². The van der Waals surface area contributed by atoms with Gasteiger partial charge in [0.05, 0.1) is 6.61 Å². The Morgan fingerprint density at radius 1 is 1.17 bits per heavy atom. The summed E-state index contributed by atoms with van der Waals surface area (Å²) in [4.78, 5) is 0. The highest BCUT2D eigenvalue weighted by Gasteiger charge is 2.08. The van der Waals surface area contributed by atoms with Crippen LogP contribution in [0.15, 0.2) is 47.9 Å². The second kappa shape index (κ2) is 6.90. The van der Waals surface area contributed by atoms with Gasteiger partial charge in [0.1, 0.15) is 5.75 Å². The van der Waals surface area contributed by atoms with Gasteiger partial charge >= 0.3 is 0 Å². The van der Waals surface area contributed by atoms with Crippen molar-refractivity contribution in [3.05, 3.63) is 53.5 Å². The number of hydrogen-bond acceptors (Lipinski definition) is 2. The Morgan fingerprint density at radius 3 is 2.28 bits per heavy atom. The number of ether oxygens (including phenoxy) is 2. The zero-order chi connectivity index (χ0) is 13.5. The minimum absolute atomic E-state index is 0.562. The van der Waals surface area contributed by atoms with Gasteiger partial charge in [-0.05, 0) is 44.9 Å². The predicted molar refractivity (Wildman–Crippen MR) is 75.6 cm³/mol. The molecule has 0 aliphatic carbocycles. The van der Waals surface area contributed by atoms with Crippen LogP contribution in [0.25, 0.3) is 0 Å². The fraction of sp³-hybridized carbons (Fsp3) is 0.375. The molecule has 0 spiro atoms. The van der Waals surface area contributed by atoms with E-state index in [1.165, 1.54) is 5.56 Å². The van der Waals surface area contributed by atoms with Crippen molar-refractivity contribution in [2.75, 3.05) is 6.61 Å². The number of rotatable bonds is 6. The van der Waals surface area contributed by atoms with Gasteiger partial charge in [-0.15, -0.1) is 0 Å². The van der Waals surface area contributed by atoms with E-state index in [0.717, 1.165) is 23.5 Å². The molecule has 0 atom stereocenters. The number of allylic oxidation sites excluding steroid dienone is 1. The summed E-state index contributed by atoms with van der Waals surface area (Å²) in [5.41, 5.74) is 2.28. The molecule has 0 unspecified atom stereocenters. The summed E-state index contributed by atoms with van der Waals surface area (Å²) in [6.45, 7) is 12.7. The van der Waals surface area contributed by atoms with E-state index >= 15 is 0 Å². The Balaban J connectivity index is 2.73. The molecule has 0 aromatic heterocycles. The van der Waals surface area contributed by atoms with Gasteiger partial charge in [0.25, 0.3) is 0 Å². The smallest absolute Gasteiger partial charge is 0.162 e.